The Morgan fingerprint density at radius 1 is 0.757 bits per heavy atom. The largest absolute Gasteiger partial charge is 0.369 e. The average Bonchev–Trinajstić information content (AvgIpc) is 3.40. The third-order valence-electron chi connectivity index (χ3n) is 8.13. The maximum atomic E-state index is 14.0. The van der Waals surface area contributed by atoms with E-state index in [1.54, 1.807) is 0 Å². The number of anilines is 3. The predicted molar refractivity (Wildman–Crippen MR) is 148 cm³/mol. The lowest BCUT2D eigenvalue weighted by Gasteiger charge is -2.37. The fraction of sp³-hybridized carbons (Fsp3) is 0.355. The van der Waals surface area contributed by atoms with Crippen molar-refractivity contribution in [3.05, 3.63) is 90.5 Å². The van der Waals surface area contributed by atoms with Gasteiger partial charge in [0.15, 0.2) is 0 Å². The number of hydrogen-bond donors (Lipinski definition) is 0. The number of rotatable bonds is 5. The van der Waals surface area contributed by atoms with Crippen LogP contribution in [-0.4, -0.2) is 55.5 Å². The van der Waals surface area contributed by atoms with Gasteiger partial charge in [-0.15, -0.1) is 0 Å². The minimum atomic E-state index is -0.157. The van der Waals surface area contributed by atoms with E-state index in [1.807, 2.05) is 58.3 Å². The van der Waals surface area contributed by atoms with E-state index in [-0.39, 0.29) is 23.8 Å². The van der Waals surface area contributed by atoms with Crippen molar-refractivity contribution in [2.45, 2.75) is 31.8 Å². The summed E-state index contributed by atoms with van der Waals surface area (Å²) in [5, 5.41) is 0. The molecule has 2 aliphatic heterocycles. The number of hydrogen-bond acceptors (Lipinski definition) is 4. The molecular weight excluding hydrogens is 460 g/mol. The van der Waals surface area contributed by atoms with Crippen LogP contribution in [0, 0.1) is 5.92 Å². The number of benzene rings is 3. The van der Waals surface area contributed by atoms with Crippen molar-refractivity contribution in [2.75, 3.05) is 47.4 Å². The molecule has 37 heavy (non-hydrogen) atoms. The average molecular weight is 495 g/mol. The molecule has 0 bridgehead atoms. The number of nitrogens with zero attached hydrogens (tertiary/aromatic N) is 4. The summed E-state index contributed by atoms with van der Waals surface area (Å²) in [5.74, 6) is 0.0902. The van der Waals surface area contributed by atoms with Crippen molar-refractivity contribution in [3.63, 3.8) is 0 Å². The lowest BCUT2D eigenvalue weighted by atomic mass is 10.0. The third-order valence-corrected chi connectivity index (χ3v) is 8.13. The van der Waals surface area contributed by atoms with E-state index in [9.17, 15) is 9.59 Å². The van der Waals surface area contributed by atoms with Crippen molar-refractivity contribution in [2.24, 2.45) is 5.92 Å². The van der Waals surface area contributed by atoms with Crippen LogP contribution in [0.2, 0.25) is 0 Å². The topological polar surface area (TPSA) is 47.1 Å². The summed E-state index contributed by atoms with van der Waals surface area (Å²) in [6.07, 6.45) is 2.68. The van der Waals surface area contributed by atoms with Crippen molar-refractivity contribution < 1.29 is 9.59 Å². The first kappa shape index (κ1) is 23.7. The molecule has 3 aromatic rings. The van der Waals surface area contributed by atoms with Gasteiger partial charge in [-0.05, 0) is 42.7 Å². The second kappa shape index (κ2) is 10.4. The molecule has 0 spiro atoms. The predicted octanol–water partition coefficient (Wildman–Crippen LogP) is 4.56. The molecule has 1 saturated heterocycles. The molecule has 2 fully saturated rings. The zero-order valence-corrected chi connectivity index (χ0v) is 21.2. The number of fused-ring (bicyclic) bond motifs is 2. The molecule has 190 valence electrons. The van der Waals surface area contributed by atoms with Crippen LogP contribution in [0.25, 0.3) is 0 Å². The third kappa shape index (κ3) is 4.74. The van der Waals surface area contributed by atoms with Gasteiger partial charge in [-0.25, -0.2) is 0 Å². The van der Waals surface area contributed by atoms with E-state index in [1.165, 1.54) is 5.69 Å². The van der Waals surface area contributed by atoms with Crippen LogP contribution in [-0.2, 0) is 16.1 Å². The molecule has 3 aliphatic rings. The number of carbonyl (C=O) groups excluding carboxylic acids is 2. The van der Waals surface area contributed by atoms with Crippen molar-refractivity contribution in [1.29, 1.82) is 0 Å². The molecule has 2 heterocycles. The molecule has 1 aliphatic carbocycles. The molecular formula is C31H34N4O2. The van der Waals surface area contributed by atoms with Crippen LogP contribution in [0.1, 0.15) is 24.8 Å². The Bertz CT molecular complexity index is 1240. The van der Waals surface area contributed by atoms with E-state index in [0.717, 1.165) is 62.4 Å². The maximum absolute atomic E-state index is 14.0. The SMILES string of the molecule is O=C1[C@H]2CCC[C@H]2N(C(=O)CN2CCN(c3ccccc3)CC2)c2ccccc2N1Cc1ccccc1. The van der Waals surface area contributed by atoms with Gasteiger partial charge in [0.25, 0.3) is 0 Å². The molecule has 0 radical (unpaired) electrons. The summed E-state index contributed by atoms with van der Waals surface area (Å²) in [4.78, 5) is 36.4. The second-order valence-corrected chi connectivity index (χ2v) is 10.4. The summed E-state index contributed by atoms with van der Waals surface area (Å²) >= 11 is 0. The van der Waals surface area contributed by atoms with E-state index in [2.05, 4.69) is 46.2 Å². The van der Waals surface area contributed by atoms with E-state index >= 15 is 0 Å². The van der Waals surface area contributed by atoms with E-state index < -0.39 is 0 Å². The van der Waals surface area contributed by atoms with Gasteiger partial charge in [0.05, 0.1) is 30.4 Å². The van der Waals surface area contributed by atoms with Crippen LogP contribution in [0.4, 0.5) is 17.1 Å². The molecule has 3 aromatic carbocycles. The first-order valence-electron chi connectivity index (χ1n) is 13.5. The molecule has 1 saturated carbocycles. The highest BCUT2D eigenvalue weighted by Crippen LogP contribution is 2.43. The van der Waals surface area contributed by atoms with Gasteiger partial charge in [-0.3, -0.25) is 14.5 Å². The summed E-state index contributed by atoms with van der Waals surface area (Å²) < 4.78 is 0. The lowest BCUT2D eigenvalue weighted by Crippen LogP contribution is -2.52. The Hall–Kier alpha value is -3.64. The fourth-order valence-electron chi connectivity index (χ4n) is 6.25. The second-order valence-electron chi connectivity index (χ2n) is 10.4. The van der Waals surface area contributed by atoms with Gasteiger partial charge >= 0.3 is 0 Å². The Morgan fingerprint density at radius 3 is 2.14 bits per heavy atom. The first-order valence-corrected chi connectivity index (χ1v) is 13.5. The molecule has 2 atom stereocenters. The normalized spacial score (nSPS) is 21.9. The summed E-state index contributed by atoms with van der Waals surface area (Å²) in [7, 11) is 0. The monoisotopic (exact) mass is 494 g/mol. The minimum Gasteiger partial charge on any atom is -0.369 e. The first-order chi connectivity index (χ1) is 18.2. The van der Waals surface area contributed by atoms with Gasteiger partial charge in [-0.1, -0.05) is 67.1 Å². The van der Waals surface area contributed by atoms with E-state index in [0.29, 0.717) is 13.1 Å². The van der Waals surface area contributed by atoms with Crippen molar-refractivity contribution in [1.82, 2.24) is 4.90 Å². The Morgan fingerprint density at radius 2 is 1.41 bits per heavy atom. The Kier molecular flexibility index (Phi) is 6.66. The van der Waals surface area contributed by atoms with Crippen molar-refractivity contribution in [3.8, 4) is 0 Å². The molecule has 6 heteroatoms. The van der Waals surface area contributed by atoms with Crippen LogP contribution in [0.15, 0.2) is 84.9 Å². The van der Waals surface area contributed by atoms with Gasteiger partial charge in [-0.2, -0.15) is 0 Å². The minimum absolute atomic E-state index is 0.0764. The summed E-state index contributed by atoms with van der Waals surface area (Å²) in [5.41, 5.74) is 4.04. The Labute approximate surface area is 219 Å². The molecule has 6 nitrogen and oxygen atoms in total. The maximum Gasteiger partial charge on any atom is 0.241 e. The van der Waals surface area contributed by atoms with Gasteiger partial charge in [0.2, 0.25) is 11.8 Å². The van der Waals surface area contributed by atoms with E-state index in [4.69, 9.17) is 0 Å². The highest BCUT2D eigenvalue weighted by Gasteiger charge is 2.45. The quantitative estimate of drug-likeness (QED) is 0.522. The Balaban J connectivity index is 1.24. The van der Waals surface area contributed by atoms with Crippen LogP contribution in [0.3, 0.4) is 0 Å². The van der Waals surface area contributed by atoms with Crippen LogP contribution >= 0.6 is 0 Å². The molecule has 0 unspecified atom stereocenters. The van der Waals surface area contributed by atoms with Gasteiger partial charge in [0.1, 0.15) is 0 Å². The van der Waals surface area contributed by atoms with Crippen molar-refractivity contribution >= 4 is 28.9 Å². The summed E-state index contributed by atoms with van der Waals surface area (Å²) in [6, 6.07) is 28.5. The number of piperazine rings is 1. The number of carbonyl (C=O) groups is 2. The molecule has 0 N–H and O–H groups in total. The lowest BCUT2D eigenvalue weighted by molar-refractivity contribution is -0.123. The highest BCUT2D eigenvalue weighted by molar-refractivity contribution is 6.07. The van der Waals surface area contributed by atoms with Gasteiger partial charge < -0.3 is 14.7 Å². The highest BCUT2D eigenvalue weighted by atomic mass is 16.2. The number of para-hydroxylation sites is 3. The number of amides is 2. The zero-order valence-electron chi connectivity index (χ0n) is 21.2. The standard InChI is InChI=1S/C31H34N4O2/c36-30(23-32-18-20-33(21-19-32)25-12-5-2-6-13-25)35-27-17-9-14-26(27)31(37)34(22-24-10-3-1-4-11-24)28-15-7-8-16-29(28)35/h1-8,10-13,15-16,26-27H,9,14,17-23H2/t26-,27+/m0/s1. The smallest absolute Gasteiger partial charge is 0.241 e. The fourth-order valence-corrected chi connectivity index (χ4v) is 6.25. The molecule has 0 aromatic heterocycles. The molecule has 2 amide bonds. The van der Waals surface area contributed by atoms with Gasteiger partial charge in [0, 0.05) is 37.9 Å². The summed E-state index contributed by atoms with van der Waals surface area (Å²) in [6.45, 7) is 4.41. The van der Waals surface area contributed by atoms with Crippen LogP contribution in [0.5, 0.6) is 0 Å². The van der Waals surface area contributed by atoms with Crippen LogP contribution < -0.4 is 14.7 Å². The zero-order chi connectivity index (χ0) is 25.2. The molecule has 6 rings (SSSR count).